The van der Waals surface area contributed by atoms with Crippen LogP contribution in [0.2, 0.25) is 0 Å². The quantitative estimate of drug-likeness (QED) is 0.513. The largest absolute Gasteiger partial charge is 0.462 e. The molecule has 0 unspecified atom stereocenters. The van der Waals surface area contributed by atoms with Crippen LogP contribution in [-0.4, -0.2) is 19.4 Å². The summed E-state index contributed by atoms with van der Waals surface area (Å²) in [5.41, 5.74) is 4.57. The Morgan fingerprint density at radius 1 is 1.43 bits per heavy atom. The Balaban J connectivity index is 2.06. The van der Waals surface area contributed by atoms with Gasteiger partial charge in [0.1, 0.15) is 10.6 Å². The lowest BCUT2D eigenvalue weighted by atomic mass is 10.0. The molecule has 7 heteroatoms. The first-order chi connectivity index (χ1) is 10.2. The normalized spacial score (nSPS) is 12.3. The van der Waals surface area contributed by atoms with E-state index >= 15 is 0 Å². The molecule has 1 aromatic heterocycles. The molecule has 0 amide bonds. The molecule has 0 spiro atoms. The zero-order valence-electron chi connectivity index (χ0n) is 11.3. The smallest absolute Gasteiger partial charge is 0.341 e. The molecule has 1 aliphatic rings. The number of fused-ring (bicyclic) bond motifs is 1. The van der Waals surface area contributed by atoms with E-state index < -0.39 is 5.97 Å². The van der Waals surface area contributed by atoms with Crippen LogP contribution in [0.5, 0.6) is 11.5 Å². The van der Waals surface area contributed by atoms with Crippen LogP contribution in [0.25, 0.3) is 11.1 Å². The summed E-state index contributed by atoms with van der Waals surface area (Å²) < 4.78 is 15.8. The summed E-state index contributed by atoms with van der Waals surface area (Å²) in [5.74, 6) is 6.43. The minimum Gasteiger partial charge on any atom is -0.462 e. The number of anilines is 1. The van der Waals surface area contributed by atoms with Crippen molar-refractivity contribution in [3.8, 4) is 22.6 Å². The van der Waals surface area contributed by atoms with E-state index in [0.29, 0.717) is 28.7 Å². The zero-order chi connectivity index (χ0) is 14.8. The van der Waals surface area contributed by atoms with Crippen molar-refractivity contribution in [2.75, 3.05) is 18.8 Å². The summed E-state index contributed by atoms with van der Waals surface area (Å²) in [6.07, 6.45) is 0. The van der Waals surface area contributed by atoms with Crippen LogP contribution in [0.15, 0.2) is 23.6 Å². The first kappa shape index (κ1) is 13.7. The predicted octanol–water partition coefficient (Wildman–Crippen LogP) is 2.61. The number of hydrogen-bond donors (Lipinski definition) is 2. The molecule has 1 aliphatic heterocycles. The number of thiophene rings is 1. The fourth-order valence-electron chi connectivity index (χ4n) is 2.15. The van der Waals surface area contributed by atoms with Gasteiger partial charge in [0, 0.05) is 10.9 Å². The summed E-state index contributed by atoms with van der Waals surface area (Å²) in [6.45, 7) is 2.28. The highest BCUT2D eigenvalue weighted by Crippen LogP contribution is 2.40. The third-order valence-electron chi connectivity index (χ3n) is 3.09. The van der Waals surface area contributed by atoms with Crippen LogP contribution in [-0.2, 0) is 4.74 Å². The monoisotopic (exact) mass is 306 g/mol. The number of carbonyl (C=O) groups is 1. The fraction of sp³-hybridized carbons (Fsp3) is 0.214. The number of hydrazine groups is 1. The van der Waals surface area contributed by atoms with Gasteiger partial charge >= 0.3 is 5.97 Å². The van der Waals surface area contributed by atoms with E-state index in [9.17, 15) is 4.79 Å². The Kier molecular flexibility index (Phi) is 3.68. The second-order valence-corrected chi connectivity index (χ2v) is 5.17. The van der Waals surface area contributed by atoms with Crippen molar-refractivity contribution in [3.05, 3.63) is 29.1 Å². The predicted molar refractivity (Wildman–Crippen MR) is 79.6 cm³/mol. The second kappa shape index (κ2) is 5.63. The molecule has 2 heterocycles. The number of rotatable bonds is 4. The zero-order valence-corrected chi connectivity index (χ0v) is 12.2. The lowest BCUT2D eigenvalue weighted by Crippen LogP contribution is -2.12. The Hall–Kier alpha value is -2.25. The number of nitrogen functional groups attached to an aromatic ring is 1. The Morgan fingerprint density at radius 2 is 2.24 bits per heavy atom. The standard InChI is InChI=1S/C14H14N2O4S/c1-2-18-14(17)12-9(6-21-13(12)16-15)8-3-4-10-11(5-8)20-7-19-10/h3-6,16H,2,7,15H2,1H3. The molecule has 3 N–H and O–H groups in total. The number of carbonyl (C=O) groups excluding carboxylic acids is 1. The molecule has 0 bridgehead atoms. The number of hydrogen-bond acceptors (Lipinski definition) is 7. The van der Waals surface area contributed by atoms with Crippen molar-refractivity contribution < 1.29 is 19.0 Å². The molecule has 6 nitrogen and oxygen atoms in total. The fourth-order valence-corrected chi connectivity index (χ4v) is 3.02. The number of esters is 1. The van der Waals surface area contributed by atoms with Gasteiger partial charge in [-0.15, -0.1) is 11.3 Å². The summed E-state index contributed by atoms with van der Waals surface area (Å²) in [7, 11) is 0. The summed E-state index contributed by atoms with van der Waals surface area (Å²) in [6, 6.07) is 5.53. The van der Waals surface area contributed by atoms with Gasteiger partial charge in [-0.05, 0) is 24.6 Å². The van der Waals surface area contributed by atoms with Crippen molar-refractivity contribution in [2.24, 2.45) is 5.84 Å². The van der Waals surface area contributed by atoms with Crippen molar-refractivity contribution in [2.45, 2.75) is 6.92 Å². The minimum atomic E-state index is -0.403. The number of benzene rings is 1. The first-order valence-electron chi connectivity index (χ1n) is 6.39. The van der Waals surface area contributed by atoms with E-state index in [2.05, 4.69) is 5.43 Å². The molecule has 0 atom stereocenters. The van der Waals surface area contributed by atoms with E-state index in [-0.39, 0.29) is 6.79 Å². The lowest BCUT2D eigenvalue weighted by Gasteiger charge is -2.07. The average Bonchev–Trinajstić information content (AvgIpc) is 3.12. The molecular weight excluding hydrogens is 292 g/mol. The van der Waals surface area contributed by atoms with E-state index in [1.165, 1.54) is 11.3 Å². The third-order valence-corrected chi connectivity index (χ3v) is 4.00. The van der Waals surface area contributed by atoms with E-state index in [0.717, 1.165) is 11.1 Å². The highest BCUT2D eigenvalue weighted by Gasteiger charge is 2.22. The lowest BCUT2D eigenvalue weighted by molar-refractivity contribution is 0.0529. The Labute approximate surface area is 125 Å². The number of ether oxygens (including phenoxy) is 3. The van der Waals surface area contributed by atoms with Crippen LogP contribution in [0, 0.1) is 0 Å². The maximum absolute atomic E-state index is 12.1. The average molecular weight is 306 g/mol. The summed E-state index contributed by atoms with van der Waals surface area (Å²) in [4.78, 5) is 12.1. The highest BCUT2D eigenvalue weighted by atomic mass is 32.1. The van der Waals surface area contributed by atoms with Crippen LogP contribution >= 0.6 is 11.3 Å². The number of nitrogens with one attached hydrogen (secondary N) is 1. The topological polar surface area (TPSA) is 82.8 Å². The van der Waals surface area contributed by atoms with Gasteiger partial charge in [0.15, 0.2) is 11.5 Å². The molecule has 110 valence electrons. The Bertz CT molecular complexity index is 684. The van der Waals surface area contributed by atoms with E-state index in [4.69, 9.17) is 20.1 Å². The first-order valence-corrected chi connectivity index (χ1v) is 7.27. The minimum absolute atomic E-state index is 0.211. The molecule has 0 fully saturated rings. The second-order valence-electron chi connectivity index (χ2n) is 4.29. The summed E-state index contributed by atoms with van der Waals surface area (Å²) >= 11 is 1.35. The van der Waals surface area contributed by atoms with Gasteiger partial charge in [0.05, 0.1) is 6.61 Å². The highest BCUT2D eigenvalue weighted by molar-refractivity contribution is 7.15. The van der Waals surface area contributed by atoms with Gasteiger partial charge in [-0.25, -0.2) is 10.6 Å². The van der Waals surface area contributed by atoms with E-state index in [1.54, 1.807) is 6.92 Å². The molecule has 0 aliphatic carbocycles. The van der Waals surface area contributed by atoms with Gasteiger partial charge < -0.3 is 19.6 Å². The van der Waals surface area contributed by atoms with Crippen LogP contribution < -0.4 is 20.7 Å². The van der Waals surface area contributed by atoms with Crippen molar-refractivity contribution in [1.29, 1.82) is 0 Å². The van der Waals surface area contributed by atoms with Crippen LogP contribution in [0.3, 0.4) is 0 Å². The molecule has 1 aromatic carbocycles. The molecule has 0 saturated carbocycles. The molecule has 0 radical (unpaired) electrons. The van der Waals surface area contributed by atoms with Crippen molar-refractivity contribution in [3.63, 3.8) is 0 Å². The molecule has 21 heavy (non-hydrogen) atoms. The summed E-state index contributed by atoms with van der Waals surface area (Å²) in [5, 5.41) is 2.43. The van der Waals surface area contributed by atoms with Gasteiger partial charge in [-0.3, -0.25) is 0 Å². The van der Waals surface area contributed by atoms with Gasteiger partial charge in [0.25, 0.3) is 0 Å². The van der Waals surface area contributed by atoms with E-state index in [1.807, 2.05) is 23.6 Å². The molecule has 0 saturated heterocycles. The van der Waals surface area contributed by atoms with Gasteiger partial charge in [-0.1, -0.05) is 6.07 Å². The molecular formula is C14H14N2O4S. The number of nitrogens with two attached hydrogens (primary N) is 1. The van der Waals surface area contributed by atoms with Crippen LogP contribution in [0.1, 0.15) is 17.3 Å². The third kappa shape index (κ3) is 2.41. The SMILES string of the molecule is CCOC(=O)c1c(-c2ccc3c(c2)OCO3)csc1NN. The van der Waals surface area contributed by atoms with Gasteiger partial charge in [0.2, 0.25) is 6.79 Å². The van der Waals surface area contributed by atoms with Crippen molar-refractivity contribution in [1.82, 2.24) is 0 Å². The Morgan fingerprint density at radius 3 is 3.00 bits per heavy atom. The maximum Gasteiger partial charge on any atom is 0.341 e. The maximum atomic E-state index is 12.1. The van der Waals surface area contributed by atoms with Crippen molar-refractivity contribution >= 4 is 22.3 Å². The molecule has 2 aromatic rings. The van der Waals surface area contributed by atoms with Crippen LogP contribution in [0.4, 0.5) is 5.00 Å². The van der Waals surface area contributed by atoms with Gasteiger partial charge in [-0.2, -0.15) is 0 Å². The molecule has 3 rings (SSSR count).